The molecule has 0 aliphatic heterocycles. The summed E-state index contributed by atoms with van der Waals surface area (Å²) in [6, 6.07) is 14.7. The zero-order valence-electron chi connectivity index (χ0n) is 16.8. The third-order valence-electron chi connectivity index (χ3n) is 4.67. The molecule has 3 nitrogen and oxygen atoms in total. The fourth-order valence-corrected chi connectivity index (χ4v) is 3.24. The first kappa shape index (κ1) is 21.4. The standard InChI is InChI=1S/C23H33N3S/c1-3-4-5-6-7-9-17-25-23(27)26(19-22-11-8-10-16-24-22)18-21-14-12-20(2)13-15-21/h8,10-16H,3-7,9,17-19H2,1-2H3,(H,25,27). The second-order valence-electron chi connectivity index (χ2n) is 7.16. The van der Waals surface area contributed by atoms with Gasteiger partial charge in [-0.3, -0.25) is 4.98 Å². The lowest BCUT2D eigenvalue weighted by Gasteiger charge is -2.26. The Kier molecular flexibility index (Phi) is 9.85. The van der Waals surface area contributed by atoms with Gasteiger partial charge in [0, 0.05) is 19.3 Å². The van der Waals surface area contributed by atoms with Crippen molar-refractivity contribution >= 4 is 17.3 Å². The van der Waals surface area contributed by atoms with Crippen molar-refractivity contribution in [2.24, 2.45) is 0 Å². The maximum absolute atomic E-state index is 5.71. The van der Waals surface area contributed by atoms with Crippen LogP contribution in [0.5, 0.6) is 0 Å². The maximum atomic E-state index is 5.71. The van der Waals surface area contributed by atoms with Crippen LogP contribution in [0.25, 0.3) is 0 Å². The highest BCUT2D eigenvalue weighted by Crippen LogP contribution is 2.11. The molecule has 0 saturated heterocycles. The molecule has 1 aromatic carbocycles. The van der Waals surface area contributed by atoms with E-state index < -0.39 is 0 Å². The number of thiocarbonyl (C=S) groups is 1. The number of pyridine rings is 1. The zero-order chi connectivity index (χ0) is 19.3. The van der Waals surface area contributed by atoms with Crippen molar-refractivity contribution in [2.75, 3.05) is 6.54 Å². The van der Waals surface area contributed by atoms with Crippen LogP contribution in [0.2, 0.25) is 0 Å². The Balaban J connectivity index is 1.88. The summed E-state index contributed by atoms with van der Waals surface area (Å²) in [5, 5.41) is 4.27. The third-order valence-corrected chi connectivity index (χ3v) is 5.07. The summed E-state index contributed by atoms with van der Waals surface area (Å²) < 4.78 is 0. The average Bonchev–Trinajstić information content (AvgIpc) is 2.69. The van der Waals surface area contributed by atoms with Crippen LogP contribution in [0.15, 0.2) is 48.7 Å². The van der Waals surface area contributed by atoms with Crippen molar-refractivity contribution in [3.8, 4) is 0 Å². The highest BCUT2D eigenvalue weighted by Gasteiger charge is 2.11. The molecular weight excluding hydrogens is 350 g/mol. The van der Waals surface area contributed by atoms with E-state index in [1.54, 1.807) is 0 Å². The summed E-state index contributed by atoms with van der Waals surface area (Å²) >= 11 is 5.71. The van der Waals surface area contributed by atoms with Crippen molar-refractivity contribution in [1.29, 1.82) is 0 Å². The molecule has 146 valence electrons. The quantitative estimate of drug-likeness (QED) is 0.402. The molecule has 0 amide bonds. The molecule has 0 atom stereocenters. The Morgan fingerprint density at radius 3 is 2.41 bits per heavy atom. The number of hydrogen-bond donors (Lipinski definition) is 1. The van der Waals surface area contributed by atoms with Gasteiger partial charge in [-0.15, -0.1) is 0 Å². The first-order valence-electron chi connectivity index (χ1n) is 10.2. The molecule has 1 heterocycles. The van der Waals surface area contributed by atoms with Gasteiger partial charge in [0.1, 0.15) is 0 Å². The Hall–Kier alpha value is -1.94. The average molecular weight is 384 g/mol. The number of aryl methyl sites for hydroxylation is 1. The van der Waals surface area contributed by atoms with Crippen LogP contribution < -0.4 is 5.32 Å². The lowest BCUT2D eigenvalue weighted by molar-refractivity contribution is 0.393. The minimum Gasteiger partial charge on any atom is -0.363 e. The summed E-state index contributed by atoms with van der Waals surface area (Å²) in [6.07, 6.45) is 9.60. The smallest absolute Gasteiger partial charge is 0.169 e. The molecule has 0 bridgehead atoms. The van der Waals surface area contributed by atoms with Crippen LogP contribution in [0, 0.1) is 6.92 Å². The number of rotatable bonds is 11. The van der Waals surface area contributed by atoms with Gasteiger partial charge < -0.3 is 10.2 Å². The van der Waals surface area contributed by atoms with E-state index in [0.29, 0.717) is 0 Å². The summed E-state index contributed by atoms with van der Waals surface area (Å²) in [5.41, 5.74) is 3.58. The monoisotopic (exact) mass is 383 g/mol. The normalized spacial score (nSPS) is 10.6. The number of nitrogens with zero attached hydrogens (tertiary/aromatic N) is 2. The van der Waals surface area contributed by atoms with Crippen LogP contribution in [0.1, 0.15) is 62.3 Å². The minimum atomic E-state index is 0.719. The van der Waals surface area contributed by atoms with Crippen LogP contribution >= 0.6 is 12.2 Å². The third kappa shape index (κ3) is 8.53. The maximum Gasteiger partial charge on any atom is 0.169 e. The molecule has 0 fully saturated rings. The van der Waals surface area contributed by atoms with Gasteiger partial charge in [0.05, 0.1) is 12.2 Å². The molecule has 1 aromatic heterocycles. The molecule has 0 aliphatic carbocycles. The van der Waals surface area contributed by atoms with Crippen molar-refractivity contribution in [3.63, 3.8) is 0 Å². The van der Waals surface area contributed by atoms with Gasteiger partial charge in [-0.2, -0.15) is 0 Å². The number of unbranched alkanes of at least 4 members (excludes halogenated alkanes) is 5. The van der Waals surface area contributed by atoms with Crippen molar-refractivity contribution in [3.05, 3.63) is 65.5 Å². The molecule has 27 heavy (non-hydrogen) atoms. The Bertz CT molecular complexity index is 655. The van der Waals surface area contributed by atoms with Gasteiger partial charge in [-0.25, -0.2) is 0 Å². The SMILES string of the molecule is CCCCCCCCNC(=S)N(Cc1ccc(C)cc1)Cc1ccccn1. The summed E-state index contributed by atoms with van der Waals surface area (Å²) in [4.78, 5) is 6.67. The van der Waals surface area contributed by atoms with Gasteiger partial charge >= 0.3 is 0 Å². The van der Waals surface area contributed by atoms with E-state index in [2.05, 4.69) is 59.4 Å². The van der Waals surface area contributed by atoms with E-state index in [4.69, 9.17) is 12.2 Å². The van der Waals surface area contributed by atoms with E-state index in [0.717, 1.165) is 30.4 Å². The number of aromatic nitrogens is 1. The molecule has 0 radical (unpaired) electrons. The second kappa shape index (κ2) is 12.4. The molecule has 2 rings (SSSR count). The van der Waals surface area contributed by atoms with Gasteiger partial charge in [-0.1, -0.05) is 74.9 Å². The molecule has 0 spiro atoms. The Morgan fingerprint density at radius 2 is 1.70 bits per heavy atom. The predicted molar refractivity (Wildman–Crippen MR) is 119 cm³/mol. The highest BCUT2D eigenvalue weighted by atomic mass is 32.1. The molecule has 0 aliphatic rings. The van der Waals surface area contributed by atoms with Gasteiger partial charge in [0.25, 0.3) is 0 Å². The number of hydrogen-bond acceptors (Lipinski definition) is 2. The first-order valence-corrected chi connectivity index (χ1v) is 10.6. The van der Waals surface area contributed by atoms with Crippen molar-refractivity contribution in [2.45, 2.75) is 65.5 Å². The predicted octanol–water partition coefficient (Wildman–Crippen LogP) is 5.63. The molecular formula is C23H33N3S. The summed E-state index contributed by atoms with van der Waals surface area (Å²) in [5.74, 6) is 0. The highest BCUT2D eigenvalue weighted by molar-refractivity contribution is 7.80. The summed E-state index contributed by atoms with van der Waals surface area (Å²) in [6.45, 7) is 6.82. The molecule has 4 heteroatoms. The van der Waals surface area contributed by atoms with Gasteiger partial charge in [0.2, 0.25) is 0 Å². The van der Waals surface area contributed by atoms with E-state index in [1.165, 1.54) is 49.7 Å². The number of benzene rings is 1. The molecule has 0 saturated carbocycles. The molecule has 0 unspecified atom stereocenters. The fourth-order valence-electron chi connectivity index (χ4n) is 3.01. The largest absolute Gasteiger partial charge is 0.363 e. The molecule has 1 N–H and O–H groups in total. The lowest BCUT2D eigenvalue weighted by atomic mass is 10.1. The topological polar surface area (TPSA) is 28.2 Å². The minimum absolute atomic E-state index is 0.719. The zero-order valence-corrected chi connectivity index (χ0v) is 17.6. The van der Waals surface area contributed by atoms with E-state index >= 15 is 0 Å². The molecule has 2 aromatic rings. The van der Waals surface area contributed by atoms with Crippen molar-refractivity contribution in [1.82, 2.24) is 15.2 Å². The fraction of sp³-hybridized carbons (Fsp3) is 0.478. The summed E-state index contributed by atoms with van der Waals surface area (Å²) in [7, 11) is 0. The number of nitrogens with one attached hydrogen (secondary N) is 1. The first-order chi connectivity index (χ1) is 13.2. The van der Waals surface area contributed by atoms with Gasteiger partial charge in [-0.05, 0) is 43.3 Å². The van der Waals surface area contributed by atoms with Crippen LogP contribution in [-0.4, -0.2) is 21.5 Å². The van der Waals surface area contributed by atoms with E-state index in [-0.39, 0.29) is 0 Å². The van der Waals surface area contributed by atoms with E-state index in [9.17, 15) is 0 Å². The van der Waals surface area contributed by atoms with Gasteiger partial charge in [0.15, 0.2) is 5.11 Å². The van der Waals surface area contributed by atoms with Crippen LogP contribution in [0.3, 0.4) is 0 Å². The Morgan fingerprint density at radius 1 is 0.963 bits per heavy atom. The van der Waals surface area contributed by atoms with E-state index in [1.807, 2.05) is 18.3 Å². The Labute approximate surface area is 170 Å². The van der Waals surface area contributed by atoms with Crippen LogP contribution in [0.4, 0.5) is 0 Å². The second-order valence-corrected chi connectivity index (χ2v) is 7.55. The lowest BCUT2D eigenvalue weighted by Crippen LogP contribution is -2.39. The van der Waals surface area contributed by atoms with Crippen molar-refractivity contribution < 1.29 is 0 Å². The van der Waals surface area contributed by atoms with Crippen LogP contribution in [-0.2, 0) is 13.1 Å².